The molecule has 132 valence electrons. The molecule has 0 amide bonds. The summed E-state index contributed by atoms with van der Waals surface area (Å²) in [4.78, 5) is 18.6. The van der Waals surface area contributed by atoms with Crippen molar-refractivity contribution >= 4 is 16.7 Å². The minimum Gasteiger partial charge on any atom is -0.497 e. The highest BCUT2D eigenvalue weighted by Gasteiger charge is 2.44. The second-order valence-electron chi connectivity index (χ2n) is 7.29. The number of pyridine rings is 1. The molecule has 3 aliphatic rings. The van der Waals surface area contributed by atoms with Gasteiger partial charge in [-0.25, -0.2) is 0 Å². The molecule has 1 aromatic carbocycles. The van der Waals surface area contributed by atoms with Gasteiger partial charge in [0.25, 0.3) is 0 Å². The average Bonchev–Trinajstić information content (AvgIpc) is 2.66. The Morgan fingerprint density at radius 2 is 2.24 bits per heavy atom. The van der Waals surface area contributed by atoms with Crippen LogP contribution in [0.4, 0.5) is 0 Å². The maximum Gasteiger partial charge on any atom is 0.134 e. The van der Waals surface area contributed by atoms with Crippen molar-refractivity contribution in [2.45, 2.75) is 31.9 Å². The minimum atomic E-state index is -0.590. The number of aliphatic hydroxyl groups excluding tert-OH is 1. The molecule has 3 fully saturated rings. The Balaban J connectivity index is 1.67. The van der Waals surface area contributed by atoms with E-state index in [1.165, 1.54) is 0 Å². The van der Waals surface area contributed by atoms with Crippen molar-refractivity contribution < 1.29 is 14.6 Å². The SMILES string of the molecule is COc1ccc2nccc([C@@H](O)[C@@H]3C[C@@H]4CCN3C[C@H]4C(C)=O)c2c1. The molecule has 1 aromatic heterocycles. The lowest BCUT2D eigenvalue weighted by molar-refractivity contribution is -0.131. The number of aromatic nitrogens is 1. The van der Waals surface area contributed by atoms with Gasteiger partial charge >= 0.3 is 0 Å². The number of nitrogens with zero attached hydrogens (tertiary/aromatic N) is 2. The number of Topliss-reactive ketones (excluding diaryl/α,β-unsaturated/α-hetero) is 1. The maximum absolute atomic E-state index is 11.9. The van der Waals surface area contributed by atoms with Gasteiger partial charge in [0, 0.05) is 30.1 Å². The monoisotopic (exact) mass is 340 g/mol. The Morgan fingerprint density at radius 1 is 1.40 bits per heavy atom. The molecular weight excluding hydrogens is 316 g/mol. The van der Waals surface area contributed by atoms with Gasteiger partial charge < -0.3 is 9.84 Å². The van der Waals surface area contributed by atoms with E-state index in [1.807, 2.05) is 24.3 Å². The molecule has 2 bridgehead atoms. The van der Waals surface area contributed by atoms with Crippen molar-refractivity contribution in [1.82, 2.24) is 9.88 Å². The zero-order valence-electron chi connectivity index (χ0n) is 14.7. The molecule has 5 heteroatoms. The molecule has 5 nitrogen and oxygen atoms in total. The Morgan fingerprint density at radius 3 is 2.92 bits per heavy atom. The summed E-state index contributed by atoms with van der Waals surface area (Å²) in [7, 11) is 1.64. The number of benzene rings is 1. The quantitative estimate of drug-likeness (QED) is 0.927. The Hall–Kier alpha value is -1.98. The van der Waals surface area contributed by atoms with Crippen LogP contribution < -0.4 is 4.74 Å². The molecule has 3 saturated heterocycles. The summed E-state index contributed by atoms with van der Waals surface area (Å²) in [5.74, 6) is 1.56. The molecule has 1 N–H and O–H groups in total. The van der Waals surface area contributed by atoms with Crippen molar-refractivity contribution in [3.63, 3.8) is 0 Å². The molecule has 1 unspecified atom stereocenters. The van der Waals surface area contributed by atoms with Gasteiger partial charge in [-0.05, 0) is 62.1 Å². The fourth-order valence-corrected chi connectivity index (χ4v) is 4.60. The van der Waals surface area contributed by atoms with Crippen LogP contribution in [0.25, 0.3) is 10.9 Å². The Labute approximate surface area is 147 Å². The van der Waals surface area contributed by atoms with Crippen LogP contribution in [0.15, 0.2) is 30.5 Å². The second kappa shape index (κ2) is 6.39. The van der Waals surface area contributed by atoms with Gasteiger partial charge in [-0.15, -0.1) is 0 Å². The number of fused-ring (bicyclic) bond motifs is 4. The molecule has 0 spiro atoms. The molecule has 5 atom stereocenters. The van der Waals surface area contributed by atoms with E-state index in [2.05, 4.69) is 9.88 Å². The normalized spacial score (nSPS) is 29.6. The van der Waals surface area contributed by atoms with Crippen LogP contribution in [0.2, 0.25) is 0 Å². The third kappa shape index (κ3) is 2.81. The number of ether oxygens (including phenoxy) is 1. The smallest absolute Gasteiger partial charge is 0.134 e. The van der Waals surface area contributed by atoms with E-state index in [4.69, 9.17) is 4.74 Å². The van der Waals surface area contributed by atoms with Gasteiger partial charge in [0.15, 0.2) is 0 Å². The number of methoxy groups -OCH3 is 1. The van der Waals surface area contributed by atoms with E-state index in [0.29, 0.717) is 5.92 Å². The van der Waals surface area contributed by atoms with Crippen molar-refractivity contribution in [2.24, 2.45) is 11.8 Å². The predicted molar refractivity (Wildman–Crippen MR) is 95.5 cm³/mol. The molecule has 2 aromatic rings. The van der Waals surface area contributed by atoms with E-state index < -0.39 is 6.10 Å². The zero-order chi connectivity index (χ0) is 17.6. The predicted octanol–water partition coefficient (Wildman–Crippen LogP) is 2.58. The third-order valence-electron chi connectivity index (χ3n) is 5.99. The van der Waals surface area contributed by atoms with E-state index in [0.717, 1.165) is 48.1 Å². The van der Waals surface area contributed by atoms with Gasteiger partial charge in [0.2, 0.25) is 0 Å². The summed E-state index contributed by atoms with van der Waals surface area (Å²) in [6.07, 6.45) is 3.09. The van der Waals surface area contributed by atoms with E-state index in [9.17, 15) is 9.90 Å². The van der Waals surface area contributed by atoms with Gasteiger partial charge in [-0.2, -0.15) is 0 Å². The fraction of sp³-hybridized carbons (Fsp3) is 0.500. The van der Waals surface area contributed by atoms with Crippen molar-refractivity contribution in [1.29, 1.82) is 0 Å². The van der Waals surface area contributed by atoms with Crippen LogP contribution in [-0.4, -0.2) is 47.0 Å². The Kier molecular flexibility index (Phi) is 4.21. The summed E-state index contributed by atoms with van der Waals surface area (Å²) in [5, 5.41) is 12.1. The largest absolute Gasteiger partial charge is 0.497 e. The molecule has 0 aliphatic carbocycles. The first-order chi connectivity index (χ1) is 12.1. The number of ketones is 1. The lowest BCUT2D eigenvalue weighted by Crippen LogP contribution is -2.56. The van der Waals surface area contributed by atoms with Crippen molar-refractivity contribution in [3.05, 3.63) is 36.0 Å². The second-order valence-corrected chi connectivity index (χ2v) is 7.29. The number of rotatable bonds is 4. The number of piperidine rings is 3. The van der Waals surface area contributed by atoms with Gasteiger partial charge in [-0.3, -0.25) is 14.7 Å². The Bertz CT molecular complexity index is 807. The van der Waals surface area contributed by atoms with Gasteiger partial charge in [0.05, 0.1) is 18.7 Å². The summed E-state index contributed by atoms with van der Waals surface area (Å²) < 4.78 is 5.33. The standard InChI is InChI=1S/C20H24N2O3/c1-12(23)17-11-22-8-6-13(17)9-19(22)20(24)15-5-7-21-18-4-3-14(25-2)10-16(15)18/h3-5,7,10,13,17,19-20,24H,6,8-9,11H2,1-2H3/t13-,17-,19-,20+/m0/s1. The third-order valence-corrected chi connectivity index (χ3v) is 5.99. The van der Waals surface area contributed by atoms with Crippen LogP contribution in [-0.2, 0) is 4.79 Å². The van der Waals surface area contributed by atoms with Crippen LogP contribution >= 0.6 is 0 Å². The van der Waals surface area contributed by atoms with Gasteiger partial charge in [0.1, 0.15) is 11.5 Å². The van der Waals surface area contributed by atoms with E-state index in [-0.39, 0.29) is 17.7 Å². The first-order valence-corrected chi connectivity index (χ1v) is 8.93. The first-order valence-electron chi connectivity index (χ1n) is 8.93. The average molecular weight is 340 g/mol. The zero-order valence-corrected chi connectivity index (χ0v) is 14.7. The highest BCUT2D eigenvalue weighted by Crippen LogP contribution is 2.42. The van der Waals surface area contributed by atoms with Gasteiger partial charge in [-0.1, -0.05) is 0 Å². The topological polar surface area (TPSA) is 62.7 Å². The van der Waals surface area contributed by atoms with Crippen molar-refractivity contribution in [2.75, 3.05) is 20.2 Å². The maximum atomic E-state index is 11.9. The van der Waals surface area contributed by atoms with Crippen molar-refractivity contribution in [3.8, 4) is 5.75 Å². The summed E-state index contributed by atoms with van der Waals surface area (Å²) >= 11 is 0. The highest BCUT2D eigenvalue weighted by atomic mass is 16.5. The molecule has 0 radical (unpaired) electrons. The summed E-state index contributed by atoms with van der Waals surface area (Å²) in [6.45, 7) is 3.43. The van der Waals surface area contributed by atoms with Crippen LogP contribution in [0, 0.1) is 11.8 Å². The lowest BCUT2D eigenvalue weighted by atomic mass is 9.72. The molecule has 5 rings (SSSR count). The summed E-state index contributed by atoms with van der Waals surface area (Å²) in [6, 6.07) is 7.71. The highest BCUT2D eigenvalue weighted by molar-refractivity contribution is 5.84. The van der Waals surface area contributed by atoms with Crippen LogP contribution in [0.1, 0.15) is 31.4 Å². The lowest BCUT2D eigenvalue weighted by Gasteiger charge is -2.50. The number of carbonyl (C=O) groups is 1. The fourth-order valence-electron chi connectivity index (χ4n) is 4.60. The molecule has 0 saturated carbocycles. The molecule has 25 heavy (non-hydrogen) atoms. The van der Waals surface area contributed by atoms with E-state index >= 15 is 0 Å². The molecule has 3 aliphatic heterocycles. The number of aliphatic hydroxyl groups is 1. The number of hydrogen-bond acceptors (Lipinski definition) is 5. The van der Waals surface area contributed by atoms with E-state index in [1.54, 1.807) is 20.2 Å². The molecule has 4 heterocycles. The number of hydrogen-bond donors (Lipinski definition) is 1. The molecular formula is C20H24N2O3. The number of carbonyl (C=O) groups excluding carboxylic acids is 1. The van der Waals surface area contributed by atoms with Crippen LogP contribution in [0.3, 0.4) is 0 Å². The van der Waals surface area contributed by atoms with Crippen LogP contribution in [0.5, 0.6) is 5.75 Å². The first kappa shape index (κ1) is 16.5. The minimum absolute atomic E-state index is 0.0613. The summed E-state index contributed by atoms with van der Waals surface area (Å²) in [5.41, 5.74) is 1.75.